The third kappa shape index (κ3) is 3.77. The minimum atomic E-state index is -0.569. The van der Waals surface area contributed by atoms with Crippen LogP contribution in [0.3, 0.4) is 0 Å². The van der Waals surface area contributed by atoms with Crippen molar-refractivity contribution in [2.45, 2.75) is 26.2 Å². The molecule has 0 spiro atoms. The first kappa shape index (κ1) is 17.6. The number of halogens is 1. The summed E-state index contributed by atoms with van der Waals surface area (Å²) < 4.78 is 23.9. The van der Waals surface area contributed by atoms with Gasteiger partial charge in [-0.1, -0.05) is 13.8 Å². The van der Waals surface area contributed by atoms with Crippen LogP contribution < -0.4 is 5.32 Å². The molecular formula is C17H24FN3O2. The van der Waals surface area contributed by atoms with E-state index in [0.29, 0.717) is 11.6 Å². The number of aromatic nitrogens is 2. The van der Waals surface area contributed by atoms with Gasteiger partial charge in [-0.25, -0.2) is 9.37 Å². The van der Waals surface area contributed by atoms with Gasteiger partial charge in [-0.05, 0) is 37.2 Å². The predicted octanol–water partition coefficient (Wildman–Crippen LogP) is 3.42. The largest absolute Gasteiger partial charge is 0.350 e. The number of rotatable bonds is 7. The maximum absolute atomic E-state index is 13.2. The Morgan fingerprint density at radius 3 is 2.22 bits per heavy atom. The van der Waals surface area contributed by atoms with Crippen LogP contribution in [-0.4, -0.2) is 31.2 Å². The van der Waals surface area contributed by atoms with E-state index in [-0.39, 0.29) is 11.9 Å². The van der Waals surface area contributed by atoms with Crippen LogP contribution in [0, 0.1) is 11.7 Å². The molecule has 126 valence electrons. The molecule has 1 atom stereocenters. The zero-order valence-corrected chi connectivity index (χ0v) is 14.2. The Bertz CT molecular complexity index is 621. The summed E-state index contributed by atoms with van der Waals surface area (Å²) in [6, 6.07) is 6.30. The van der Waals surface area contributed by atoms with Gasteiger partial charge in [0.15, 0.2) is 0 Å². The third-order valence-corrected chi connectivity index (χ3v) is 3.80. The van der Waals surface area contributed by atoms with Crippen molar-refractivity contribution in [3.05, 3.63) is 41.6 Å². The van der Waals surface area contributed by atoms with Crippen LogP contribution in [0.2, 0.25) is 0 Å². The smallest absolute Gasteiger partial charge is 0.200 e. The summed E-state index contributed by atoms with van der Waals surface area (Å²) in [6.45, 7) is 4.23. The summed E-state index contributed by atoms with van der Waals surface area (Å²) >= 11 is 0. The van der Waals surface area contributed by atoms with E-state index < -0.39 is 6.29 Å². The Morgan fingerprint density at radius 1 is 1.13 bits per heavy atom. The highest BCUT2D eigenvalue weighted by Crippen LogP contribution is 2.31. The summed E-state index contributed by atoms with van der Waals surface area (Å²) in [5, 5.41) is 3.26. The second kappa shape index (κ2) is 7.68. The van der Waals surface area contributed by atoms with Crippen LogP contribution in [-0.2, 0) is 9.47 Å². The second-order valence-electron chi connectivity index (χ2n) is 5.70. The van der Waals surface area contributed by atoms with Crippen LogP contribution in [0.1, 0.15) is 37.7 Å². The van der Waals surface area contributed by atoms with E-state index >= 15 is 0 Å². The van der Waals surface area contributed by atoms with Crippen molar-refractivity contribution in [2.75, 3.05) is 21.3 Å². The number of hydrogen-bond donors (Lipinski definition) is 2. The molecule has 0 fully saturated rings. The van der Waals surface area contributed by atoms with Gasteiger partial charge in [0.1, 0.15) is 11.6 Å². The molecule has 0 aliphatic rings. The SMILES string of the molecule is CNC(c1nc(-c2ccc(F)cc2)c(C(OC)OC)[nH]1)C(C)C. The maximum atomic E-state index is 13.2. The number of nitrogens with one attached hydrogen (secondary N) is 2. The minimum absolute atomic E-state index is 0.0670. The van der Waals surface area contributed by atoms with Crippen LogP contribution in [0.5, 0.6) is 0 Å². The Labute approximate surface area is 136 Å². The summed E-state index contributed by atoms with van der Waals surface area (Å²) in [7, 11) is 5.04. The number of H-pyrrole nitrogens is 1. The van der Waals surface area contributed by atoms with Gasteiger partial charge in [0.2, 0.25) is 6.29 Å². The highest BCUT2D eigenvalue weighted by molar-refractivity contribution is 5.62. The van der Waals surface area contributed by atoms with Crippen molar-refractivity contribution in [1.82, 2.24) is 15.3 Å². The number of ether oxygens (including phenoxy) is 2. The lowest BCUT2D eigenvalue weighted by atomic mass is 10.0. The highest BCUT2D eigenvalue weighted by Gasteiger charge is 2.25. The monoisotopic (exact) mass is 321 g/mol. The zero-order valence-electron chi connectivity index (χ0n) is 14.2. The number of methoxy groups -OCH3 is 2. The molecule has 0 aliphatic heterocycles. The van der Waals surface area contributed by atoms with Gasteiger partial charge in [0.25, 0.3) is 0 Å². The first-order valence-electron chi connectivity index (χ1n) is 7.60. The fourth-order valence-corrected chi connectivity index (χ4v) is 2.67. The average Bonchev–Trinajstić information content (AvgIpc) is 2.94. The Hall–Kier alpha value is -1.76. The molecule has 1 heterocycles. The first-order valence-corrected chi connectivity index (χ1v) is 7.60. The number of hydrogen-bond acceptors (Lipinski definition) is 4. The lowest BCUT2D eigenvalue weighted by Crippen LogP contribution is -2.23. The van der Waals surface area contributed by atoms with Gasteiger partial charge in [0, 0.05) is 19.8 Å². The van der Waals surface area contributed by atoms with Gasteiger partial charge in [0.05, 0.1) is 17.4 Å². The van der Waals surface area contributed by atoms with Crippen molar-refractivity contribution in [3.8, 4) is 11.3 Å². The molecule has 5 nitrogen and oxygen atoms in total. The summed E-state index contributed by atoms with van der Waals surface area (Å²) in [5.74, 6) is 0.871. The number of aromatic amines is 1. The topological polar surface area (TPSA) is 59.2 Å². The minimum Gasteiger partial charge on any atom is -0.350 e. The summed E-state index contributed by atoms with van der Waals surface area (Å²) in [5.41, 5.74) is 2.23. The molecule has 0 saturated heterocycles. The number of nitrogens with zero attached hydrogens (tertiary/aromatic N) is 1. The molecule has 2 aromatic rings. The molecular weight excluding hydrogens is 297 g/mol. The van der Waals surface area contributed by atoms with Crippen LogP contribution in [0.25, 0.3) is 11.3 Å². The van der Waals surface area contributed by atoms with Crippen LogP contribution in [0.15, 0.2) is 24.3 Å². The molecule has 0 amide bonds. The average molecular weight is 321 g/mol. The molecule has 0 bridgehead atoms. The molecule has 1 aromatic carbocycles. The maximum Gasteiger partial charge on any atom is 0.200 e. The van der Waals surface area contributed by atoms with Gasteiger partial charge < -0.3 is 19.8 Å². The van der Waals surface area contributed by atoms with E-state index in [0.717, 1.165) is 17.1 Å². The van der Waals surface area contributed by atoms with E-state index in [1.165, 1.54) is 12.1 Å². The van der Waals surface area contributed by atoms with Gasteiger partial charge in [-0.3, -0.25) is 0 Å². The second-order valence-corrected chi connectivity index (χ2v) is 5.70. The normalized spacial score (nSPS) is 13.0. The molecule has 2 N–H and O–H groups in total. The van der Waals surface area contributed by atoms with E-state index in [9.17, 15) is 4.39 Å². The van der Waals surface area contributed by atoms with Crippen molar-refractivity contribution >= 4 is 0 Å². The third-order valence-electron chi connectivity index (χ3n) is 3.80. The summed E-state index contributed by atoms with van der Waals surface area (Å²) in [6.07, 6.45) is -0.569. The van der Waals surface area contributed by atoms with E-state index in [2.05, 4.69) is 24.1 Å². The van der Waals surface area contributed by atoms with Crippen molar-refractivity contribution in [2.24, 2.45) is 5.92 Å². The van der Waals surface area contributed by atoms with Crippen LogP contribution in [0.4, 0.5) is 4.39 Å². The lowest BCUT2D eigenvalue weighted by Gasteiger charge is -2.17. The molecule has 2 rings (SSSR count). The Morgan fingerprint density at radius 2 is 1.74 bits per heavy atom. The van der Waals surface area contributed by atoms with E-state index in [1.807, 2.05) is 7.05 Å². The quantitative estimate of drug-likeness (QED) is 0.767. The molecule has 1 unspecified atom stereocenters. The Kier molecular flexibility index (Phi) is 5.87. The summed E-state index contributed by atoms with van der Waals surface area (Å²) in [4.78, 5) is 8.03. The first-order chi connectivity index (χ1) is 11.0. The molecule has 6 heteroatoms. The highest BCUT2D eigenvalue weighted by atomic mass is 19.1. The van der Waals surface area contributed by atoms with Gasteiger partial charge >= 0.3 is 0 Å². The van der Waals surface area contributed by atoms with Gasteiger partial charge in [-0.15, -0.1) is 0 Å². The number of imidazole rings is 1. The Balaban J connectivity index is 2.53. The molecule has 0 saturated carbocycles. The van der Waals surface area contributed by atoms with Crippen molar-refractivity contribution in [1.29, 1.82) is 0 Å². The van der Waals surface area contributed by atoms with Crippen molar-refractivity contribution < 1.29 is 13.9 Å². The lowest BCUT2D eigenvalue weighted by molar-refractivity contribution is -0.108. The van der Waals surface area contributed by atoms with E-state index in [1.54, 1.807) is 26.4 Å². The van der Waals surface area contributed by atoms with E-state index in [4.69, 9.17) is 14.5 Å². The fraction of sp³-hybridized carbons (Fsp3) is 0.471. The molecule has 0 aliphatic carbocycles. The number of benzene rings is 1. The van der Waals surface area contributed by atoms with Crippen molar-refractivity contribution in [3.63, 3.8) is 0 Å². The predicted molar refractivity (Wildman–Crippen MR) is 87.4 cm³/mol. The molecule has 1 aromatic heterocycles. The molecule has 0 radical (unpaired) electrons. The molecule has 23 heavy (non-hydrogen) atoms. The van der Waals surface area contributed by atoms with Crippen LogP contribution >= 0.6 is 0 Å². The zero-order chi connectivity index (χ0) is 17.0. The van der Waals surface area contributed by atoms with Gasteiger partial charge in [-0.2, -0.15) is 0 Å². The fourth-order valence-electron chi connectivity index (χ4n) is 2.67. The standard InChI is InChI=1S/C17H24FN3O2/c1-10(2)13(19-3)16-20-14(11-6-8-12(18)9-7-11)15(21-16)17(22-4)23-5/h6-10,13,17,19H,1-5H3,(H,20,21).